The van der Waals surface area contributed by atoms with Gasteiger partial charge in [-0.25, -0.2) is 14.8 Å². The highest BCUT2D eigenvalue weighted by Crippen LogP contribution is 2.18. The largest absolute Gasteiger partial charge is 0.450 e. The van der Waals surface area contributed by atoms with Crippen LogP contribution in [-0.4, -0.2) is 46.7 Å². The lowest BCUT2D eigenvalue weighted by atomic mass is 10.1. The van der Waals surface area contributed by atoms with Crippen molar-refractivity contribution in [1.82, 2.24) is 14.9 Å². The van der Waals surface area contributed by atoms with Crippen LogP contribution in [0, 0.1) is 6.92 Å². The lowest BCUT2D eigenvalue weighted by Gasteiger charge is -2.31. The Morgan fingerprint density at radius 1 is 1.50 bits per heavy atom. The number of carbonyl (C=O) groups excluding carboxylic acids is 1. The fourth-order valence-corrected chi connectivity index (χ4v) is 2.46. The Kier molecular flexibility index (Phi) is 5.00. The Hall–Kier alpha value is -1.56. The lowest BCUT2D eigenvalue weighted by molar-refractivity contribution is 0.0983. The molecule has 6 nitrogen and oxygen atoms in total. The van der Waals surface area contributed by atoms with E-state index in [2.05, 4.69) is 15.3 Å². The summed E-state index contributed by atoms with van der Waals surface area (Å²) in [5.41, 5.74) is 0. The van der Waals surface area contributed by atoms with E-state index in [4.69, 9.17) is 16.3 Å². The molecule has 1 fully saturated rings. The second kappa shape index (κ2) is 6.74. The van der Waals surface area contributed by atoms with Crippen molar-refractivity contribution in [1.29, 1.82) is 0 Å². The highest BCUT2D eigenvalue weighted by atomic mass is 35.5. The summed E-state index contributed by atoms with van der Waals surface area (Å²) in [5.74, 6) is 1.38. The average Bonchev–Trinajstić information content (AvgIpc) is 2.38. The molecular formula is C13H19ClN4O2. The molecule has 1 aliphatic rings. The first-order valence-corrected chi connectivity index (χ1v) is 7.15. The number of anilines is 1. The van der Waals surface area contributed by atoms with Crippen LogP contribution in [-0.2, 0) is 4.74 Å². The molecule has 1 aliphatic heterocycles. The average molecular weight is 299 g/mol. The van der Waals surface area contributed by atoms with Crippen LogP contribution in [0.15, 0.2) is 6.07 Å². The van der Waals surface area contributed by atoms with E-state index in [9.17, 15) is 4.79 Å². The van der Waals surface area contributed by atoms with E-state index < -0.39 is 0 Å². The van der Waals surface area contributed by atoms with Crippen LogP contribution in [0.3, 0.4) is 0 Å². The van der Waals surface area contributed by atoms with E-state index in [0.717, 1.165) is 18.7 Å². The van der Waals surface area contributed by atoms with Crippen LogP contribution < -0.4 is 5.32 Å². The number of ether oxygens (including phenoxy) is 1. The van der Waals surface area contributed by atoms with Gasteiger partial charge in [-0.05, 0) is 26.7 Å². The Morgan fingerprint density at radius 2 is 2.20 bits per heavy atom. The van der Waals surface area contributed by atoms with Crippen LogP contribution in [0.5, 0.6) is 0 Å². The van der Waals surface area contributed by atoms with Crippen molar-refractivity contribution < 1.29 is 9.53 Å². The maximum Gasteiger partial charge on any atom is 0.409 e. The number of hydrogen-bond acceptors (Lipinski definition) is 5. The van der Waals surface area contributed by atoms with Crippen molar-refractivity contribution in [2.45, 2.75) is 32.7 Å². The van der Waals surface area contributed by atoms with E-state index in [1.807, 2.05) is 6.92 Å². The zero-order valence-corrected chi connectivity index (χ0v) is 12.5. The fraction of sp³-hybridized carbons (Fsp3) is 0.615. The molecular weight excluding hydrogens is 280 g/mol. The van der Waals surface area contributed by atoms with E-state index >= 15 is 0 Å². The summed E-state index contributed by atoms with van der Waals surface area (Å²) in [7, 11) is 0. The van der Waals surface area contributed by atoms with Gasteiger partial charge < -0.3 is 15.0 Å². The lowest BCUT2D eigenvalue weighted by Crippen LogP contribution is -2.42. The second-order valence-corrected chi connectivity index (χ2v) is 5.11. The molecule has 0 radical (unpaired) electrons. The Morgan fingerprint density at radius 3 is 2.80 bits per heavy atom. The van der Waals surface area contributed by atoms with Gasteiger partial charge in [-0.3, -0.25) is 0 Å². The number of piperidine rings is 1. The number of nitrogens with one attached hydrogen (secondary N) is 1. The number of carbonyl (C=O) groups is 1. The van der Waals surface area contributed by atoms with E-state index in [0.29, 0.717) is 30.7 Å². The normalized spacial score (nSPS) is 16.1. The van der Waals surface area contributed by atoms with E-state index in [-0.39, 0.29) is 12.1 Å². The number of aromatic nitrogens is 2. The van der Waals surface area contributed by atoms with Gasteiger partial charge in [-0.15, -0.1) is 0 Å². The molecule has 20 heavy (non-hydrogen) atoms. The number of rotatable bonds is 3. The smallest absolute Gasteiger partial charge is 0.409 e. The van der Waals surface area contributed by atoms with Crippen molar-refractivity contribution in [2.75, 3.05) is 25.0 Å². The van der Waals surface area contributed by atoms with Crippen molar-refractivity contribution in [2.24, 2.45) is 0 Å². The first-order chi connectivity index (χ1) is 9.58. The van der Waals surface area contributed by atoms with Gasteiger partial charge in [-0.2, -0.15) is 0 Å². The molecule has 0 saturated carbocycles. The summed E-state index contributed by atoms with van der Waals surface area (Å²) in [6, 6.07) is 2.00. The topological polar surface area (TPSA) is 67.3 Å². The summed E-state index contributed by atoms with van der Waals surface area (Å²) in [6.07, 6.45) is 1.49. The van der Waals surface area contributed by atoms with Gasteiger partial charge in [0.1, 0.15) is 16.8 Å². The van der Waals surface area contributed by atoms with Gasteiger partial charge in [0.25, 0.3) is 0 Å². The third kappa shape index (κ3) is 3.96. The zero-order valence-electron chi connectivity index (χ0n) is 11.7. The maximum absolute atomic E-state index is 11.6. The van der Waals surface area contributed by atoms with Gasteiger partial charge in [0.15, 0.2) is 0 Å². The van der Waals surface area contributed by atoms with Gasteiger partial charge in [0, 0.05) is 25.2 Å². The molecule has 7 heteroatoms. The first kappa shape index (κ1) is 14.8. The fourth-order valence-electron chi connectivity index (χ4n) is 2.24. The molecule has 1 aromatic heterocycles. The number of amides is 1. The molecule has 2 rings (SSSR count). The molecule has 0 atom stereocenters. The molecule has 1 aromatic rings. The molecule has 110 valence electrons. The van der Waals surface area contributed by atoms with Crippen LogP contribution in [0.1, 0.15) is 25.6 Å². The van der Waals surface area contributed by atoms with Crippen LogP contribution >= 0.6 is 11.6 Å². The molecule has 0 unspecified atom stereocenters. The van der Waals surface area contributed by atoms with Gasteiger partial charge in [0.05, 0.1) is 6.61 Å². The quantitative estimate of drug-likeness (QED) is 0.868. The maximum atomic E-state index is 11.6. The third-order valence-corrected chi connectivity index (χ3v) is 3.37. The Bertz CT molecular complexity index is 455. The SMILES string of the molecule is CCOC(=O)N1CCC(Nc2cc(Cl)nc(C)n2)CC1. The predicted molar refractivity (Wildman–Crippen MR) is 77.0 cm³/mol. The minimum Gasteiger partial charge on any atom is -0.450 e. The molecule has 1 saturated heterocycles. The van der Waals surface area contributed by atoms with Crippen molar-refractivity contribution >= 4 is 23.5 Å². The van der Waals surface area contributed by atoms with Gasteiger partial charge in [0.2, 0.25) is 0 Å². The summed E-state index contributed by atoms with van der Waals surface area (Å²) in [6.45, 7) is 5.41. The van der Waals surface area contributed by atoms with Crippen molar-refractivity contribution in [3.63, 3.8) is 0 Å². The Labute approximate surface area is 123 Å². The number of nitrogens with zero attached hydrogens (tertiary/aromatic N) is 3. The summed E-state index contributed by atoms with van der Waals surface area (Å²) in [4.78, 5) is 21.7. The zero-order chi connectivity index (χ0) is 14.5. The van der Waals surface area contributed by atoms with Crippen LogP contribution in [0.4, 0.5) is 10.6 Å². The highest BCUT2D eigenvalue weighted by Gasteiger charge is 2.23. The molecule has 0 aromatic carbocycles. The number of hydrogen-bond donors (Lipinski definition) is 1. The molecule has 0 spiro atoms. The monoisotopic (exact) mass is 298 g/mol. The summed E-state index contributed by atoms with van der Waals surface area (Å²) < 4.78 is 4.99. The van der Waals surface area contributed by atoms with Crippen LogP contribution in [0.2, 0.25) is 5.15 Å². The van der Waals surface area contributed by atoms with E-state index in [1.54, 1.807) is 17.9 Å². The number of likely N-dealkylation sites (tertiary alicyclic amines) is 1. The third-order valence-electron chi connectivity index (χ3n) is 3.18. The summed E-state index contributed by atoms with van der Waals surface area (Å²) >= 11 is 5.91. The van der Waals surface area contributed by atoms with Gasteiger partial charge in [-0.1, -0.05) is 11.6 Å². The molecule has 1 N–H and O–H groups in total. The first-order valence-electron chi connectivity index (χ1n) is 6.78. The molecule has 0 bridgehead atoms. The van der Waals surface area contributed by atoms with Crippen molar-refractivity contribution in [3.8, 4) is 0 Å². The Balaban J connectivity index is 1.86. The predicted octanol–water partition coefficient (Wildman–Crippen LogP) is 2.47. The summed E-state index contributed by atoms with van der Waals surface area (Å²) in [5, 5.41) is 3.77. The second-order valence-electron chi connectivity index (χ2n) is 4.73. The minimum absolute atomic E-state index is 0.230. The molecule has 1 amide bonds. The van der Waals surface area contributed by atoms with Gasteiger partial charge >= 0.3 is 6.09 Å². The molecule has 0 aliphatic carbocycles. The minimum atomic E-state index is -0.230. The standard InChI is InChI=1S/C13H19ClN4O2/c1-3-20-13(19)18-6-4-10(5-7-18)17-12-8-11(14)15-9(2)16-12/h8,10H,3-7H2,1-2H3,(H,15,16,17). The highest BCUT2D eigenvalue weighted by molar-refractivity contribution is 6.29. The molecule has 2 heterocycles. The van der Waals surface area contributed by atoms with E-state index in [1.165, 1.54) is 0 Å². The number of halogens is 1. The van der Waals surface area contributed by atoms with Crippen molar-refractivity contribution in [3.05, 3.63) is 17.0 Å². The van der Waals surface area contributed by atoms with Crippen LogP contribution in [0.25, 0.3) is 0 Å². The number of aryl methyl sites for hydroxylation is 1.